The number of hydrogen-bond donors (Lipinski definition) is 0. The van der Waals surface area contributed by atoms with Gasteiger partial charge in [0.25, 0.3) is 0 Å². The predicted molar refractivity (Wildman–Crippen MR) is 169 cm³/mol. The van der Waals surface area contributed by atoms with Crippen molar-refractivity contribution in [1.29, 1.82) is 0 Å². The maximum Gasteiger partial charge on any atom is 0.0201 e. The molecule has 2 aromatic carbocycles. The molecule has 38 heavy (non-hydrogen) atoms. The molecule has 0 nitrogen and oxygen atoms in total. The molecule has 0 saturated heterocycles. The Kier molecular flexibility index (Phi) is 8.61. The monoisotopic (exact) mass is 502 g/mol. The molecule has 4 rings (SSSR count). The third-order valence-corrected chi connectivity index (χ3v) is 8.66. The van der Waals surface area contributed by atoms with Gasteiger partial charge in [0.05, 0.1) is 0 Å². The zero-order valence-corrected chi connectivity index (χ0v) is 24.6. The third kappa shape index (κ3) is 5.24. The van der Waals surface area contributed by atoms with E-state index in [9.17, 15) is 0 Å². The van der Waals surface area contributed by atoms with Crippen molar-refractivity contribution in [2.24, 2.45) is 5.92 Å². The molecule has 2 atom stereocenters. The van der Waals surface area contributed by atoms with Crippen LogP contribution in [0.15, 0.2) is 95.6 Å². The molecule has 1 fully saturated rings. The van der Waals surface area contributed by atoms with E-state index in [-0.39, 0.29) is 11.8 Å². The van der Waals surface area contributed by atoms with Gasteiger partial charge in [0.15, 0.2) is 0 Å². The molecule has 0 spiro atoms. The molecule has 198 valence electrons. The van der Waals surface area contributed by atoms with Crippen molar-refractivity contribution >= 4 is 11.6 Å². The summed E-state index contributed by atoms with van der Waals surface area (Å²) in [6.45, 7) is 27.1. The van der Waals surface area contributed by atoms with Gasteiger partial charge in [-0.25, -0.2) is 0 Å². The Bertz CT molecular complexity index is 1350. The second-order valence-corrected chi connectivity index (χ2v) is 11.3. The van der Waals surface area contributed by atoms with Crippen molar-refractivity contribution in [3.05, 3.63) is 129 Å². The molecule has 0 aromatic heterocycles. The van der Waals surface area contributed by atoms with E-state index in [1.54, 1.807) is 0 Å². The molecule has 0 N–H and O–H groups in total. The number of fused-ring (bicyclic) bond motifs is 1. The van der Waals surface area contributed by atoms with Crippen LogP contribution in [-0.2, 0) is 19.3 Å². The average Bonchev–Trinajstić information content (AvgIpc) is 3.21. The lowest BCUT2D eigenvalue weighted by atomic mass is 9.69. The minimum atomic E-state index is 0.271. The van der Waals surface area contributed by atoms with Crippen LogP contribution in [0.25, 0.3) is 11.6 Å². The highest BCUT2D eigenvalue weighted by atomic mass is 14.4. The summed E-state index contributed by atoms with van der Waals surface area (Å²) in [6, 6.07) is 14.1. The Morgan fingerprint density at radius 3 is 2.16 bits per heavy atom. The minimum Gasteiger partial charge on any atom is -0.0955 e. The largest absolute Gasteiger partial charge is 0.0955 e. The van der Waals surface area contributed by atoms with Crippen LogP contribution in [0.4, 0.5) is 0 Å². The highest BCUT2D eigenvalue weighted by Crippen LogP contribution is 2.55. The van der Waals surface area contributed by atoms with Crippen molar-refractivity contribution in [2.45, 2.75) is 86.0 Å². The second kappa shape index (κ2) is 11.7. The van der Waals surface area contributed by atoms with Crippen LogP contribution >= 0.6 is 0 Å². The molecule has 0 aliphatic heterocycles. The van der Waals surface area contributed by atoms with E-state index in [4.69, 9.17) is 6.58 Å². The summed E-state index contributed by atoms with van der Waals surface area (Å²) in [6.07, 6.45) is 11.1. The molecule has 0 heterocycles. The van der Waals surface area contributed by atoms with Gasteiger partial charge in [-0.3, -0.25) is 0 Å². The van der Waals surface area contributed by atoms with Crippen LogP contribution in [0.5, 0.6) is 0 Å². The minimum absolute atomic E-state index is 0.271. The van der Waals surface area contributed by atoms with Crippen molar-refractivity contribution in [1.82, 2.24) is 0 Å². The first kappa shape index (κ1) is 27.9. The van der Waals surface area contributed by atoms with Gasteiger partial charge in [0.2, 0.25) is 0 Å². The van der Waals surface area contributed by atoms with E-state index in [0.717, 1.165) is 44.1 Å². The molecule has 0 bridgehead atoms. The van der Waals surface area contributed by atoms with Crippen molar-refractivity contribution in [2.75, 3.05) is 0 Å². The summed E-state index contributed by atoms with van der Waals surface area (Å²) < 4.78 is 0. The SMILES string of the molecule is C=C(CCC)C1=C(C)C=C2C/C(=C\c3cc(CC)c(CC)cc3C(=C)C)C(=C)C2C1c1ccc(CC)cc1. The second-order valence-electron chi connectivity index (χ2n) is 11.3. The molecular weight excluding hydrogens is 456 g/mol. The van der Waals surface area contributed by atoms with Crippen molar-refractivity contribution < 1.29 is 0 Å². The normalized spacial score (nSPS) is 20.1. The van der Waals surface area contributed by atoms with Crippen molar-refractivity contribution in [3.8, 4) is 0 Å². The zero-order valence-electron chi connectivity index (χ0n) is 24.6. The Labute approximate surface area is 232 Å². The summed E-state index contributed by atoms with van der Waals surface area (Å²) in [4.78, 5) is 0. The molecule has 2 unspecified atom stereocenters. The van der Waals surface area contributed by atoms with E-state index < -0.39 is 0 Å². The fourth-order valence-corrected chi connectivity index (χ4v) is 6.63. The van der Waals surface area contributed by atoms with Gasteiger partial charge in [-0.1, -0.05) is 119 Å². The van der Waals surface area contributed by atoms with Crippen LogP contribution in [0.2, 0.25) is 0 Å². The fourth-order valence-electron chi connectivity index (χ4n) is 6.63. The Balaban J connectivity index is 1.83. The molecule has 2 aliphatic carbocycles. The number of benzene rings is 2. The smallest absolute Gasteiger partial charge is 0.0201 e. The molecule has 2 aromatic rings. The number of rotatable bonds is 9. The standard InChI is InChI=1S/C38H46/c1-10-14-25(7)36-26(8)19-34-22-32(21-33-20-29(12-3)30(13-4)23-35(33)24(5)6)27(9)37(34)38(36)31-17-15-28(11-2)16-18-31/h15-21,23,37-38H,5,7,9-14,22H2,1-4,6,8H3/b32-21+. The summed E-state index contributed by atoms with van der Waals surface area (Å²) in [7, 11) is 0. The summed E-state index contributed by atoms with van der Waals surface area (Å²) in [5.74, 6) is 0.558. The highest BCUT2D eigenvalue weighted by Gasteiger charge is 2.40. The van der Waals surface area contributed by atoms with E-state index in [1.807, 2.05) is 0 Å². The van der Waals surface area contributed by atoms with E-state index in [0.29, 0.717) is 0 Å². The van der Waals surface area contributed by atoms with Gasteiger partial charge in [0.1, 0.15) is 0 Å². The van der Waals surface area contributed by atoms with Crippen LogP contribution in [-0.4, -0.2) is 0 Å². The lowest BCUT2D eigenvalue weighted by Gasteiger charge is -2.34. The Hall–Kier alpha value is -3.12. The topological polar surface area (TPSA) is 0 Å². The quantitative estimate of drug-likeness (QED) is 0.320. The predicted octanol–water partition coefficient (Wildman–Crippen LogP) is 10.8. The number of allylic oxidation sites excluding steroid dienone is 8. The third-order valence-electron chi connectivity index (χ3n) is 8.66. The van der Waals surface area contributed by atoms with E-state index >= 15 is 0 Å². The van der Waals surface area contributed by atoms with Gasteiger partial charge >= 0.3 is 0 Å². The van der Waals surface area contributed by atoms with Gasteiger partial charge < -0.3 is 0 Å². The number of hydrogen-bond acceptors (Lipinski definition) is 0. The summed E-state index contributed by atoms with van der Waals surface area (Å²) >= 11 is 0. The average molecular weight is 503 g/mol. The lowest BCUT2D eigenvalue weighted by molar-refractivity contribution is 0.619. The first-order chi connectivity index (χ1) is 18.2. The van der Waals surface area contributed by atoms with Crippen LogP contribution in [0.1, 0.15) is 100 Å². The van der Waals surface area contributed by atoms with E-state index in [1.165, 1.54) is 66.8 Å². The van der Waals surface area contributed by atoms with Gasteiger partial charge in [-0.15, -0.1) is 0 Å². The highest BCUT2D eigenvalue weighted by molar-refractivity contribution is 5.77. The fraction of sp³-hybridized carbons (Fsp3) is 0.368. The Morgan fingerprint density at radius 1 is 0.921 bits per heavy atom. The maximum atomic E-state index is 4.76. The first-order valence-corrected chi connectivity index (χ1v) is 14.6. The zero-order chi connectivity index (χ0) is 27.6. The Morgan fingerprint density at radius 2 is 1.58 bits per heavy atom. The molecule has 0 heteroatoms. The van der Waals surface area contributed by atoms with Gasteiger partial charge in [-0.05, 0) is 102 Å². The van der Waals surface area contributed by atoms with Crippen LogP contribution in [0.3, 0.4) is 0 Å². The molecule has 0 radical (unpaired) electrons. The lowest BCUT2D eigenvalue weighted by Crippen LogP contribution is -2.21. The maximum absolute atomic E-state index is 4.76. The summed E-state index contributed by atoms with van der Waals surface area (Å²) in [5.41, 5.74) is 17.5. The molecular formula is C38H46. The first-order valence-electron chi connectivity index (χ1n) is 14.6. The molecule has 2 aliphatic rings. The van der Waals surface area contributed by atoms with E-state index in [2.05, 4.69) is 103 Å². The summed E-state index contributed by atoms with van der Waals surface area (Å²) in [5, 5.41) is 0. The molecule has 0 amide bonds. The number of aryl methyl sites for hydroxylation is 3. The van der Waals surface area contributed by atoms with Gasteiger partial charge in [-0.2, -0.15) is 0 Å². The van der Waals surface area contributed by atoms with Crippen LogP contribution < -0.4 is 0 Å². The van der Waals surface area contributed by atoms with Crippen molar-refractivity contribution in [3.63, 3.8) is 0 Å². The van der Waals surface area contributed by atoms with Crippen LogP contribution in [0, 0.1) is 5.92 Å². The van der Waals surface area contributed by atoms with Gasteiger partial charge in [0, 0.05) is 11.8 Å². The molecule has 1 saturated carbocycles.